The molecule has 0 radical (unpaired) electrons. The molecule has 0 unspecified atom stereocenters. The van der Waals surface area contributed by atoms with Gasteiger partial charge in [0.1, 0.15) is 5.82 Å². The fourth-order valence-corrected chi connectivity index (χ4v) is 1.01. The Kier molecular flexibility index (Phi) is 6.86. The van der Waals surface area contributed by atoms with Crippen molar-refractivity contribution in [1.82, 2.24) is 0 Å². The van der Waals surface area contributed by atoms with E-state index in [0.29, 0.717) is 18.5 Å². The van der Waals surface area contributed by atoms with Crippen molar-refractivity contribution < 1.29 is 21.9 Å². The summed E-state index contributed by atoms with van der Waals surface area (Å²) in [6.07, 6.45) is 0.518. The molecule has 0 aliphatic carbocycles. The summed E-state index contributed by atoms with van der Waals surface area (Å²) in [5.41, 5.74) is 10.9. The third kappa shape index (κ3) is 10.8. The normalized spacial score (nSPS) is 10.2. The van der Waals surface area contributed by atoms with E-state index < -0.39 is 10.4 Å². The summed E-state index contributed by atoms with van der Waals surface area (Å²) in [6, 6.07) is 6.58. The Hall–Kier alpha value is -1.71. The molecule has 0 atom stereocenters. The van der Waals surface area contributed by atoms with Gasteiger partial charge in [0.15, 0.2) is 5.96 Å². The molecule has 0 saturated carbocycles. The van der Waals surface area contributed by atoms with Crippen molar-refractivity contribution in [1.29, 1.82) is 0 Å². The molecule has 0 aliphatic rings. The summed E-state index contributed by atoms with van der Waals surface area (Å²) < 4.78 is 44.6. The van der Waals surface area contributed by atoms with Crippen molar-refractivity contribution >= 4 is 16.4 Å². The highest BCUT2D eigenvalue weighted by atomic mass is 32.3. The Morgan fingerprint density at radius 3 is 2.22 bits per heavy atom. The number of aliphatic imine (C=N–C) groups is 1. The average Bonchev–Trinajstić information content (AvgIpc) is 2.18. The zero-order valence-corrected chi connectivity index (χ0v) is 10.1. The molecular weight excluding hydrogens is 265 g/mol. The van der Waals surface area contributed by atoms with Gasteiger partial charge in [0, 0.05) is 6.54 Å². The van der Waals surface area contributed by atoms with Crippen molar-refractivity contribution in [3.05, 3.63) is 35.6 Å². The van der Waals surface area contributed by atoms with Gasteiger partial charge in [0.2, 0.25) is 0 Å². The van der Waals surface area contributed by atoms with Gasteiger partial charge in [0.25, 0.3) is 0 Å². The van der Waals surface area contributed by atoms with Crippen molar-refractivity contribution in [2.45, 2.75) is 6.42 Å². The Labute approximate surface area is 104 Å². The van der Waals surface area contributed by atoms with Gasteiger partial charge < -0.3 is 11.5 Å². The summed E-state index contributed by atoms with van der Waals surface area (Å²) in [5, 5.41) is 0. The number of halogens is 1. The molecule has 0 saturated heterocycles. The molecule has 7 nitrogen and oxygen atoms in total. The Bertz CT molecular complexity index is 492. The lowest BCUT2D eigenvalue weighted by atomic mass is 10.1. The second-order valence-electron chi connectivity index (χ2n) is 3.10. The van der Waals surface area contributed by atoms with E-state index in [-0.39, 0.29) is 11.8 Å². The first-order chi connectivity index (χ1) is 8.20. The third-order valence-corrected chi connectivity index (χ3v) is 1.63. The molecular formula is C9H14FN3O4S. The maximum absolute atomic E-state index is 13.0. The maximum Gasteiger partial charge on any atom is 0.394 e. The minimum atomic E-state index is -4.67. The summed E-state index contributed by atoms with van der Waals surface area (Å²) >= 11 is 0. The molecule has 1 aromatic rings. The van der Waals surface area contributed by atoms with E-state index in [0.717, 1.165) is 0 Å². The molecule has 1 rings (SSSR count). The van der Waals surface area contributed by atoms with Crippen LogP contribution in [0.4, 0.5) is 4.39 Å². The second kappa shape index (κ2) is 7.58. The number of hydrogen-bond donors (Lipinski definition) is 4. The van der Waals surface area contributed by atoms with E-state index >= 15 is 0 Å². The number of nitrogens with two attached hydrogens (primary N) is 2. The molecule has 0 bridgehead atoms. The first-order valence-electron chi connectivity index (χ1n) is 4.69. The molecule has 0 aromatic heterocycles. The van der Waals surface area contributed by atoms with Crippen LogP contribution < -0.4 is 11.5 Å². The van der Waals surface area contributed by atoms with Crippen LogP contribution in [0.2, 0.25) is 0 Å². The standard InChI is InChI=1S/C9H12FN3.H2O4S/c10-8-4-2-1-3-7(8)5-6-13-9(11)12;1-5(2,3)4/h1-4H,5-6H2,(H4,11,12,13);(H2,1,2,3,4). The molecule has 0 heterocycles. The monoisotopic (exact) mass is 279 g/mol. The lowest BCUT2D eigenvalue weighted by Gasteiger charge is -1.99. The van der Waals surface area contributed by atoms with E-state index in [9.17, 15) is 4.39 Å². The molecule has 6 N–H and O–H groups in total. The smallest absolute Gasteiger partial charge is 0.370 e. The zero-order valence-electron chi connectivity index (χ0n) is 9.32. The van der Waals surface area contributed by atoms with E-state index in [2.05, 4.69) is 4.99 Å². The number of guanidine groups is 1. The predicted molar refractivity (Wildman–Crippen MR) is 65.0 cm³/mol. The van der Waals surface area contributed by atoms with Gasteiger partial charge in [-0.2, -0.15) is 8.42 Å². The summed E-state index contributed by atoms with van der Waals surface area (Å²) in [5.74, 6) is -0.176. The molecule has 9 heteroatoms. The highest BCUT2D eigenvalue weighted by molar-refractivity contribution is 7.79. The van der Waals surface area contributed by atoms with Crippen LogP contribution in [-0.4, -0.2) is 30.0 Å². The number of rotatable bonds is 3. The van der Waals surface area contributed by atoms with Crippen LogP contribution in [0.25, 0.3) is 0 Å². The highest BCUT2D eigenvalue weighted by Gasteiger charge is 1.98. The quantitative estimate of drug-likeness (QED) is 0.348. The van der Waals surface area contributed by atoms with Crippen LogP contribution in [0.5, 0.6) is 0 Å². The molecule has 18 heavy (non-hydrogen) atoms. The fraction of sp³-hybridized carbons (Fsp3) is 0.222. The van der Waals surface area contributed by atoms with Crippen LogP contribution in [0.15, 0.2) is 29.3 Å². The molecule has 1 aromatic carbocycles. The van der Waals surface area contributed by atoms with Gasteiger partial charge in [-0.15, -0.1) is 0 Å². The largest absolute Gasteiger partial charge is 0.394 e. The van der Waals surface area contributed by atoms with E-state index in [4.69, 9.17) is 29.0 Å². The van der Waals surface area contributed by atoms with Crippen LogP contribution in [0, 0.1) is 5.82 Å². The molecule has 0 spiro atoms. The van der Waals surface area contributed by atoms with Crippen LogP contribution in [0.1, 0.15) is 5.56 Å². The van der Waals surface area contributed by atoms with Crippen LogP contribution in [-0.2, 0) is 16.8 Å². The fourth-order valence-electron chi connectivity index (χ4n) is 1.01. The predicted octanol–water partition coefficient (Wildman–Crippen LogP) is -0.0112. The molecule has 102 valence electrons. The molecule has 0 fully saturated rings. The third-order valence-electron chi connectivity index (χ3n) is 1.63. The van der Waals surface area contributed by atoms with Crippen molar-refractivity contribution in [2.75, 3.05) is 6.54 Å². The van der Waals surface area contributed by atoms with E-state index in [1.165, 1.54) is 6.07 Å². The van der Waals surface area contributed by atoms with E-state index in [1.54, 1.807) is 18.2 Å². The minimum Gasteiger partial charge on any atom is -0.370 e. The first kappa shape index (κ1) is 16.3. The van der Waals surface area contributed by atoms with Gasteiger partial charge >= 0.3 is 10.4 Å². The average molecular weight is 279 g/mol. The minimum absolute atomic E-state index is 0.0383. The molecule has 0 amide bonds. The van der Waals surface area contributed by atoms with E-state index in [1.807, 2.05) is 0 Å². The highest BCUT2D eigenvalue weighted by Crippen LogP contribution is 2.06. The SMILES string of the molecule is NC(N)=NCCc1ccccc1F.O=S(=O)(O)O. The van der Waals surface area contributed by atoms with Gasteiger partial charge in [0.05, 0.1) is 0 Å². The summed E-state index contributed by atoms with van der Waals surface area (Å²) in [7, 11) is -4.67. The topological polar surface area (TPSA) is 139 Å². The Balaban J connectivity index is 0.000000494. The summed E-state index contributed by atoms with van der Waals surface area (Å²) in [4.78, 5) is 3.77. The van der Waals surface area contributed by atoms with Gasteiger partial charge in [-0.1, -0.05) is 18.2 Å². The van der Waals surface area contributed by atoms with Crippen molar-refractivity contribution in [2.24, 2.45) is 16.5 Å². The van der Waals surface area contributed by atoms with Gasteiger partial charge in [-0.25, -0.2) is 4.39 Å². The first-order valence-corrected chi connectivity index (χ1v) is 6.08. The summed E-state index contributed by atoms with van der Waals surface area (Å²) in [6.45, 7) is 0.420. The molecule has 0 aliphatic heterocycles. The second-order valence-corrected chi connectivity index (χ2v) is 3.99. The number of benzene rings is 1. The van der Waals surface area contributed by atoms with Gasteiger partial charge in [-0.3, -0.25) is 14.1 Å². The number of nitrogens with zero attached hydrogens (tertiary/aromatic N) is 1. The van der Waals surface area contributed by atoms with Gasteiger partial charge in [-0.05, 0) is 18.1 Å². The van der Waals surface area contributed by atoms with Crippen molar-refractivity contribution in [3.63, 3.8) is 0 Å². The number of hydrogen-bond acceptors (Lipinski definition) is 3. The lowest BCUT2D eigenvalue weighted by Crippen LogP contribution is -2.23. The lowest BCUT2D eigenvalue weighted by molar-refractivity contribution is 0.381. The Morgan fingerprint density at radius 1 is 1.28 bits per heavy atom. The van der Waals surface area contributed by atoms with Crippen LogP contribution >= 0.6 is 0 Å². The van der Waals surface area contributed by atoms with Crippen molar-refractivity contribution in [3.8, 4) is 0 Å². The Morgan fingerprint density at radius 2 is 1.78 bits per heavy atom. The zero-order chi connectivity index (χ0) is 14.2. The maximum atomic E-state index is 13.0. The van der Waals surface area contributed by atoms with Crippen LogP contribution in [0.3, 0.4) is 0 Å².